The van der Waals surface area contributed by atoms with Crippen LogP contribution >= 0.6 is 11.8 Å². The van der Waals surface area contributed by atoms with E-state index in [0.29, 0.717) is 24.5 Å². The maximum absolute atomic E-state index is 13.9. The van der Waals surface area contributed by atoms with Crippen molar-refractivity contribution in [3.63, 3.8) is 0 Å². The van der Waals surface area contributed by atoms with E-state index >= 15 is 0 Å². The Kier molecular flexibility index (Phi) is 12.1. The topological polar surface area (TPSA) is 175 Å². The van der Waals surface area contributed by atoms with Crippen LogP contribution in [0.5, 0.6) is 0 Å². The Morgan fingerprint density at radius 3 is 2.02 bits per heavy atom. The van der Waals surface area contributed by atoms with Crippen LogP contribution in [0.1, 0.15) is 61.4 Å². The maximum atomic E-state index is 13.9. The van der Waals surface area contributed by atoms with Gasteiger partial charge >= 0.3 is 12.2 Å². The first-order valence-electron chi connectivity index (χ1n) is 20.3. The number of carbonyl (C=O) groups is 4. The van der Waals surface area contributed by atoms with E-state index in [1.807, 2.05) is 55.3 Å². The largest absolute Gasteiger partial charge is 0.453 e. The van der Waals surface area contributed by atoms with Crippen molar-refractivity contribution in [3.8, 4) is 33.6 Å². The zero-order valence-electron chi connectivity index (χ0n) is 34.4. The van der Waals surface area contributed by atoms with E-state index in [4.69, 9.17) is 19.4 Å². The lowest BCUT2D eigenvalue weighted by Crippen LogP contribution is -2.51. The zero-order chi connectivity index (χ0) is 42.6. The number of hydrogen-bond acceptors (Lipinski definition) is 9. The van der Waals surface area contributed by atoms with Crippen molar-refractivity contribution < 1.29 is 28.7 Å². The fourth-order valence-corrected chi connectivity index (χ4v) is 9.28. The molecule has 2 fully saturated rings. The summed E-state index contributed by atoms with van der Waals surface area (Å²) in [6, 6.07) is 28.4. The number of ether oxygens (including phenoxy) is 2. The van der Waals surface area contributed by atoms with Gasteiger partial charge in [0, 0.05) is 24.4 Å². The summed E-state index contributed by atoms with van der Waals surface area (Å²) in [5.74, 6) is 1.65. The maximum Gasteiger partial charge on any atom is 0.407 e. The Labute approximate surface area is 357 Å². The van der Waals surface area contributed by atoms with Gasteiger partial charge in [0.2, 0.25) is 5.91 Å². The molecule has 0 radical (unpaired) electrons. The first-order chi connectivity index (χ1) is 29.6. The molecule has 4 amide bonds. The van der Waals surface area contributed by atoms with Crippen LogP contribution in [0.15, 0.2) is 103 Å². The van der Waals surface area contributed by atoms with Crippen LogP contribution in [-0.2, 0) is 19.1 Å². The second kappa shape index (κ2) is 17.9. The Morgan fingerprint density at radius 1 is 0.705 bits per heavy atom. The number of alkyl carbamates (subject to hydrolysis) is 2. The number of likely N-dealkylation sites (tertiary alicyclic amines) is 1. The first kappa shape index (κ1) is 41.1. The van der Waals surface area contributed by atoms with Gasteiger partial charge in [-0.1, -0.05) is 92.7 Å². The molecule has 0 saturated carbocycles. The van der Waals surface area contributed by atoms with Gasteiger partial charge in [-0.3, -0.25) is 9.59 Å². The summed E-state index contributed by atoms with van der Waals surface area (Å²) in [5, 5.41) is 7.25. The van der Waals surface area contributed by atoms with Crippen molar-refractivity contribution in [1.82, 2.24) is 40.4 Å². The fourth-order valence-electron chi connectivity index (χ4n) is 8.09. The lowest BCUT2D eigenvalue weighted by molar-refractivity contribution is -0.135. The van der Waals surface area contributed by atoms with Gasteiger partial charge in [-0.05, 0) is 63.9 Å². The quantitative estimate of drug-likeness (QED) is 0.101. The van der Waals surface area contributed by atoms with Crippen LogP contribution in [0.25, 0.3) is 44.4 Å². The van der Waals surface area contributed by atoms with Crippen LogP contribution in [0.2, 0.25) is 0 Å². The fraction of sp³-hybridized carbons (Fsp3) is 0.304. The molecule has 314 valence electrons. The van der Waals surface area contributed by atoms with E-state index < -0.39 is 24.3 Å². The Hall–Kier alpha value is -6.61. The van der Waals surface area contributed by atoms with Crippen molar-refractivity contribution in [2.45, 2.75) is 50.2 Å². The number of imidazole rings is 2. The molecule has 2 aliphatic heterocycles. The van der Waals surface area contributed by atoms with Gasteiger partial charge < -0.3 is 39.9 Å². The van der Waals surface area contributed by atoms with Crippen LogP contribution in [0.4, 0.5) is 9.59 Å². The molecule has 4 aromatic carbocycles. The van der Waals surface area contributed by atoms with E-state index in [-0.39, 0.29) is 29.1 Å². The number of amides is 4. The van der Waals surface area contributed by atoms with Gasteiger partial charge in [0.1, 0.15) is 29.1 Å². The van der Waals surface area contributed by atoms with Crippen molar-refractivity contribution in [3.05, 3.63) is 121 Å². The van der Waals surface area contributed by atoms with Crippen molar-refractivity contribution in [2.24, 2.45) is 5.92 Å². The molecule has 6 aromatic rings. The molecule has 0 aliphatic carbocycles. The molecule has 0 spiro atoms. The van der Waals surface area contributed by atoms with Gasteiger partial charge in [-0.15, -0.1) is 11.8 Å². The highest BCUT2D eigenvalue weighted by Crippen LogP contribution is 2.39. The van der Waals surface area contributed by atoms with E-state index in [9.17, 15) is 19.2 Å². The van der Waals surface area contributed by atoms with Crippen LogP contribution in [0, 0.1) is 5.92 Å². The summed E-state index contributed by atoms with van der Waals surface area (Å²) in [6.45, 7) is 4.92. The van der Waals surface area contributed by atoms with E-state index in [0.717, 1.165) is 68.8 Å². The highest BCUT2D eigenvalue weighted by Gasteiger charge is 2.39. The number of hydrogen-bond donors (Lipinski definition) is 4. The predicted octanol–water partition coefficient (Wildman–Crippen LogP) is 8.00. The smallest absolute Gasteiger partial charge is 0.407 e. The highest BCUT2D eigenvalue weighted by molar-refractivity contribution is 7.99. The molecule has 0 unspecified atom stereocenters. The number of benzene rings is 4. The number of nitrogens with one attached hydrogen (secondary N) is 4. The van der Waals surface area contributed by atoms with Crippen LogP contribution < -0.4 is 10.6 Å². The van der Waals surface area contributed by atoms with Gasteiger partial charge in [0.25, 0.3) is 5.91 Å². The van der Waals surface area contributed by atoms with Gasteiger partial charge in [-0.2, -0.15) is 0 Å². The molecule has 4 atom stereocenters. The first-order valence-corrected chi connectivity index (χ1v) is 21.4. The number of aromatic amines is 2. The summed E-state index contributed by atoms with van der Waals surface area (Å²) in [6.07, 6.45) is 3.93. The molecule has 2 aromatic heterocycles. The molecule has 15 heteroatoms. The number of nitrogens with zero attached hydrogens (tertiary/aromatic N) is 4. The van der Waals surface area contributed by atoms with Gasteiger partial charge in [0.15, 0.2) is 0 Å². The molecular weight excluding hydrogens is 793 g/mol. The van der Waals surface area contributed by atoms with Gasteiger partial charge in [-0.25, -0.2) is 19.6 Å². The molecule has 2 saturated heterocycles. The molecule has 8 rings (SSSR count). The average Bonchev–Trinajstić information content (AvgIpc) is 4.14. The monoisotopic (exact) mass is 840 g/mol. The second-order valence-electron chi connectivity index (χ2n) is 15.5. The number of carbonyl (C=O) groups excluding carboxylic acids is 4. The minimum atomic E-state index is -0.893. The molecule has 4 heterocycles. The van der Waals surface area contributed by atoms with E-state index in [1.54, 1.807) is 22.9 Å². The Bertz CT molecular complexity index is 2540. The molecule has 2 aliphatic rings. The molecule has 14 nitrogen and oxygen atoms in total. The normalized spacial score (nSPS) is 17.3. The van der Waals surface area contributed by atoms with Crippen LogP contribution in [-0.4, -0.2) is 92.8 Å². The third-order valence-corrected chi connectivity index (χ3v) is 12.6. The molecule has 61 heavy (non-hydrogen) atoms. The number of fused-ring (bicyclic) bond motifs is 1. The summed E-state index contributed by atoms with van der Waals surface area (Å²) in [4.78, 5) is 71.6. The number of H-pyrrole nitrogens is 2. The lowest BCUT2D eigenvalue weighted by Gasteiger charge is -2.30. The number of aromatic nitrogens is 4. The van der Waals surface area contributed by atoms with E-state index in [2.05, 4.69) is 81.3 Å². The number of methoxy groups -OCH3 is 2. The summed E-state index contributed by atoms with van der Waals surface area (Å²) < 4.78 is 9.60. The minimum Gasteiger partial charge on any atom is -0.453 e. The summed E-state index contributed by atoms with van der Waals surface area (Å²) in [7, 11) is 2.57. The van der Waals surface area contributed by atoms with Crippen molar-refractivity contribution in [1.29, 1.82) is 0 Å². The van der Waals surface area contributed by atoms with Crippen LogP contribution in [0.3, 0.4) is 0 Å². The SMILES string of the molecule is COC(=O)N[C@H](C(=O)N1CCC[C@H]1c1ncc(-c2ccc3cc(-c4ccc(-c5cnc([C@@H]6SCCN6C(=O)[C@H](NC(=O)OC)c6ccccc6)[nH]5)cc4)ccc3c2)[nH]1)C(C)C. The standard InChI is InChI=1S/C46H48N8O6S/c1-27(2)38(51-45(57)59-3)42(55)53-20-8-11-37(53)40-47-26-36(49-40)34-19-18-32-23-31(16-17-33(32)24-34)28-12-14-29(15-13-28)35-25-48-41(50-35)44-54(21-22-61-44)43(56)39(52-46(58)60-4)30-9-6-5-7-10-30/h5-7,9-10,12-19,23-27,37-39,44H,8,11,20-22H2,1-4H3,(H,47,49)(H,48,50)(H,51,57)(H,52,58)/t37-,38-,39+,44-/m0/s1. The number of rotatable bonds is 11. The summed E-state index contributed by atoms with van der Waals surface area (Å²) in [5.41, 5.74) is 6.47. The average molecular weight is 841 g/mol. The Balaban J connectivity index is 0.942. The van der Waals surface area contributed by atoms with E-state index in [1.165, 1.54) is 14.2 Å². The summed E-state index contributed by atoms with van der Waals surface area (Å²) >= 11 is 1.62. The third kappa shape index (κ3) is 8.69. The second-order valence-corrected chi connectivity index (χ2v) is 16.7. The molecule has 0 bridgehead atoms. The Morgan fingerprint density at radius 2 is 1.31 bits per heavy atom. The van der Waals surface area contributed by atoms with Crippen molar-refractivity contribution >= 4 is 46.5 Å². The zero-order valence-corrected chi connectivity index (χ0v) is 35.2. The molecular formula is C46H48N8O6S. The minimum absolute atomic E-state index is 0.109. The predicted molar refractivity (Wildman–Crippen MR) is 234 cm³/mol. The van der Waals surface area contributed by atoms with Gasteiger partial charge in [0.05, 0.1) is 44.0 Å². The van der Waals surface area contributed by atoms with Crippen molar-refractivity contribution in [2.75, 3.05) is 33.1 Å². The number of thioether (sulfide) groups is 1. The highest BCUT2D eigenvalue weighted by atomic mass is 32.2. The third-order valence-electron chi connectivity index (χ3n) is 11.3. The lowest BCUT2D eigenvalue weighted by atomic mass is 9.98. The molecule has 4 N–H and O–H groups in total.